The van der Waals surface area contributed by atoms with E-state index in [4.69, 9.17) is 9.47 Å². The van der Waals surface area contributed by atoms with Gasteiger partial charge in [0.15, 0.2) is 17.2 Å². The molecule has 0 unspecified atom stereocenters. The maximum Gasteiger partial charge on any atom is 0.356 e. The number of aromatic carboxylic acids is 1. The second-order valence-electron chi connectivity index (χ2n) is 5.91. The molecule has 1 aromatic heterocycles. The van der Waals surface area contributed by atoms with Crippen LogP contribution in [-0.4, -0.2) is 35.1 Å². The number of carboxylic acids is 1. The quantitative estimate of drug-likeness (QED) is 0.609. The Hall–Kier alpha value is -3.35. The summed E-state index contributed by atoms with van der Waals surface area (Å²) in [7, 11) is 3.09. The maximum atomic E-state index is 13.3. The summed E-state index contributed by atoms with van der Waals surface area (Å²) in [4.78, 5) is 11.7. The van der Waals surface area contributed by atoms with Gasteiger partial charge in [-0.25, -0.2) is 13.9 Å². The van der Waals surface area contributed by atoms with Gasteiger partial charge in [0.05, 0.1) is 25.6 Å². The summed E-state index contributed by atoms with van der Waals surface area (Å²) in [5.41, 5.74) is 3.60. The fourth-order valence-corrected chi connectivity index (χ4v) is 3.31. The molecule has 0 amide bonds. The third kappa shape index (κ3) is 2.32. The molecule has 132 valence electrons. The number of carboxylic acid groups (broad SMARTS) is 1. The number of fused-ring (bicyclic) bond motifs is 3. The monoisotopic (exact) mass is 354 g/mol. The molecule has 0 radical (unpaired) electrons. The summed E-state index contributed by atoms with van der Waals surface area (Å²) in [5, 5.41) is 13.8. The van der Waals surface area contributed by atoms with E-state index in [-0.39, 0.29) is 11.5 Å². The van der Waals surface area contributed by atoms with Gasteiger partial charge in [0.1, 0.15) is 5.82 Å². The molecule has 0 atom stereocenters. The molecule has 0 aliphatic heterocycles. The molecule has 3 aromatic rings. The van der Waals surface area contributed by atoms with Gasteiger partial charge in [0.2, 0.25) is 0 Å². The topological polar surface area (TPSA) is 73.6 Å². The van der Waals surface area contributed by atoms with Crippen molar-refractivity contribution in [1.29, 1.82) is 0 Å². The van der Waals surface area contributed by atoms with Crippen LogP contribution in [0, 0.1) is 5.82 Å². The van der Waals surface area contributed by atoms with E-state index in [0.717, 1.165) is 11.1 Å². The zero-order valence-electron chi connectivity index (χ0n) is 14.1. The molecular weight excluding hydrogens is 339 g/mol. The molecule has 1 heterocycles. The van der Waals surface area contributed by atoms with Crippen molar-refractivity contribution < 1.29 is 23.8 Å². The van der Waals surface area contributed by atoms with Crippen molar-refractivity contribution in [2.75, 3.05) is 14.2 Å². The van der Waals surface area contributed by atoms with Crippen LogP contribution in [0.3, 0.4) is 0 Å². The summed E-state index contributed by atoms with van der Waals surface area (Å²) < 4.78 is 25.5. The Balaban J connectivity index is 1.98. The predicted molar refractivity (Wildman–Crippen MR) is 91.8 cm³/mol. The van der Waals surface area contributed by atoms with E-state index in [9.17, 15) is 14.3 Å². The molecule has 0 saturated heterocycles. The molecule has 0 saturated carbocycles. The molecule has 1 aliphatic carbocycles. The van der Waals surface area contributed by atoms with Gasteiger partial charge in [-0.15, -0.1) is 0 Å². The fraction of sp³-hybridized carbons (Fsp3) is 0.158. The fourth-order valence-electron chi connectivity index (χ4n) is 3.31. The number of aromatic nitrogens is 2. The number of ether oxygens (including phenoxy) is 2. The van der Waals surface area contributed by atoms with E-state index in [1.165, 1.54) is 16.8 Å². The third-order valence-corrected chi connectivity index (χ3v) is 4.49. The minimum Gasteiger partial charge on any atom is -0.493 e. The number of nitrogens with zero attached hydrogens (tertiary/aromatic N) is 2. The highest BCUT2D eigenvalue weighted by Crippen LogP contribution is 2.44. The Morgan fingerprint density at radius 1 is 1.15 bits per heavy atom. The van der Waals surface area contributed by atoms with E-state index < -0.39 is 5.97 Å². The Bertz CT molecular complexity index is 1030. The lowest BCUT2D eigenvalue weighted by Gasteiger charge is -2.12. The van der Waals surface area contributed by atoms with Gasteiger partial charge in [-0.1, -0.05) is 0 Å². The van der Waals surface area contributed by atoms with E-state index in [1.807, 2.05) is 12.1 Å². The minimum absolute atomic E-state index is 0.0153. The van der Waals surface area contributed by atoms with E-state index >= 15 is 0 Å². The Morgan fingerprint density at radius 2 is 1.81 bits per heavy atom. The van der Waals surface area contributed by atoms with Crippen LogP contribution < -0.4 is 9.47 Å². The number of halogens is 1. The first-order valence-electron chi connectivity index (χ1n) is 7.90. The molecule has 0 bridgehead atoms. The number of hydrogen-bond donors (Lipinski definition) is 1. The van der Waals surface area contributed by atoms with Crippen LogP contribution in [-0.2, 0) is 6.42 Å². The molecule has 7 heteroatoms. The average Bonchev–Trinajstić information content (AvgIpc) is 3.18. The zero-order valence-corrected chi connectivity index (χ0v) is 14.1. The smallest absolute Gasteiger partial charge is 0.356 e. The second kappa shape index (κ2) is 5.87. The number of benzene rings is 2. The summed E-state index contributed by atoms with van der Waals surface area (Å²) in [6, 6.07) is 9.41. The van der Waals surface area contributed by atoms with Crippen LogP contribution in [0.4, 0.5) is 4.39 Å². The Kier molecular flexibility index (Phi) is 3.64. The van der Waals surface area contributed by atoms with Crippen LogP contribution in [0.1, 0.15) is 21.6 Å². The maximum absolute atomic E-state index is 13.3. The lowest BCUT2D eigenvalue weighted by atomic mass is 10.1. The third-order valence-electron chi connectivity index (χ3n) is 4.49. The van der Waals surface area contributed by atoms with Gasteiger partial charge in [-0.05, 0) is 42.0 Å². The second-order valence-corrected chi connectivity index (χ2v) is 5.91. The zero-order chi connectivity index (χ0) is 18.4. The molecule has 4 rings (SSSR count). The van der Waals surface area contributed by atoms with Crippen molar-refractivity contribution in [2.45, 2.75) is 6.42 Å². The highest BCUT2D eigenvalue weighted by Gasteiger charge is 2.32. The number of hydrogen-bond acceptors (Lipinski definition) is 4. The standard InChI is InChI=1S/C19H15FN2O4/c1-25-15-8-10-7-14-17(19(23)24)21-22(12-5-3-11(20)4-6-12)18(14)13(10)9-16(15)26-2/h3-6,8-9H,7H2,1-2H3,(H,23,24). The SMILES string of the molecule is COc1cc2c(cc1OC)-c1c(c(C(=O)O)nn1-c1ccc(F)cc1)C2. The van der Waals surface area contributed by atoms with Crippen molar-refractivity contribution in [3.8, 4) is 28.4 Å². The first-order chi connectivity index (χ1) is 12.5. The van der Waals surface area contributed by atoms with E-state index in [1.54, 1.807) is 26.4 Å². The van der Waals surface area contributed by atoms with Crippen molar-refractivity contribution in [3.05, 3.63) is 59.0 Å². The van der Waals surface area contributed by atoms with Gasteiger partial charge in [0.25, 0.3) is 0 Å². The molecule has 26 heavy (non-hydrogen) atoms. The molecule has 2 aromatic carbocycles. The lowest BCUT2D eigenvalue weighted by Crippen LogP contribution is -2.04. The molecule has 6 nitrogen and oxygen atoms in total. The Labute approximate surface area is 148 Å². The highest BCUT2D eigenvalue weighted by atomic mass is 19.1. The van der Waals surface area contributed by atoms with Gasteiger partial charge in [-0.2, -0.15) is 5.10 Å². The molecule has 1 aliphatic rings. The van der Waals surface area contributed by atoms with Crippen molar-refractivity contribution >= 4 is 5.97 Å². The van der Waals surface area contributed by atoms with Crippen LogP contribution in [0.25, 0.3) is 16.9 Å². The van der Waals surface area contributed by atoms with Crippen LogP contribution in [0.2, 0.25) is 0 Å². The largest absolute Gasteiger partial charge is 0.493 e. The molecule has 1 N–H and O–H groups in total. The highest BCUT2D eigenvalue weighted by molar-refractivity contribution is 5.92. The molecular formula is C19H15FN2O4. The van der Waals surface area contributed by atoms with Crippen molar-refractivity contribution in [3.63, 3.8) is 0 Å². The normalized spacial score (nSPS) is 11.8. The average molecular weight is 354 g/mol. The summed E-state index contributed by atoms with van der Waals surface area (Å²) in [5.74, 6) is -0.353. The van der Waals surface area contributed by atoms with Crippen LogP contribution in [0.15, 0.2) is 36.4 Å². The van der Waals surface area contributed by atoms with Crippen molar-refractivity contribution in [1.82, 2.24) is 9.78 Å². The number of carbonyl (C=O) groups is 1. The van der Waals surface area contributed by atoms with Crippen LogP contribution >= 0.6 is 0 Å². The van der Waals surface area contributed by atoms with Gasteiger partial charge >= 0.3 is 5.97 Å². The van der Waals surface area contributed by atoms with E-state index in [0.29, 0.717) is 34.9 Å². The first-order valence-corrected chi connectivity index (χ1v) is 7.90. The minimum atomic E-state index is -1.10. The Morgan fingerprint density at radius 3 is 2.42 bits per heavy atom. The first kappa shape index (κ1) is 16.1. The van der Waals surface area contributed by atoms with E-state index in [2.05, 4.69) is 5.10 Å². The molecule has 0 spiro atoms. The summed E-state index contributed by atoms with van der Waals surface area (Å²) >= 11 is 0. The summed E-state index contributed by atoms with van der Waals surface area (Å²) in [6.45, 7) is 0. The lowest BCUT2D eigenvalue weighted by molar-refractivity contribution is 0.0689. The van der Waals surface area contributed by atoms with Gasteiger partial charge in [-0.3, -0.25) is 0 Å². The van der Waals surface area contributed by atoms with Crippen LogP contribution in [0.5, 0.6) is 11.5 Å². The van der Waals surface area contributed by atoms with Crippen molar-refractivity contribution in [2.24, 2.45) is 0 Å². The summed E-state index contributed by atoms with van der Waals surface area (Å²) in [6.07, 6.45) is 0.424. The van der Waals surface area contributed by atoms with Gasteiger partial charge < -0.3 is 14.6 Å². The predicted octanol–water partition coefficient (Wildman–Crippen LogP) is 3.30. The molecule has 0 fully saturated rings. The number of methoxy groups -OCH3 is 2. The number of rotatable bonds is 4. The van der Waals surface area contributed by atoms with Gasteiger partial charge in [0, 0.05) is 17.5 Å².